The van der Waals surface area contributed by atoms with Crippen LogP contribution in [0, 0.1) is 3.57 Å². The van der Waals surface area contributed by atoms with Gasteiger partial charge in [-0.05, 0) is 77.2 Å². The molecule has 134 valence electrons. The summed E-state index contributed by atoms with van der Waals surface area (Å²) in [5, 5.41) is 12.8. The van der Waals surface area contributed by atoms with Crippen molar-refractivity contribution in [1.82, 2.24) is 15.0 Å². The Balaban J connectivity index is 1.64. The van der Waals surface area contributed by atoms with Crippen molar-refractivity contribution in [3.05, 3.63) is 79.8 Å². The molecule has 1 aromatic heterocycles. The first kappa shape index (κ1) is 18.2. The van der Waals surface area contributed by atoms with Gasteiger partial charge in [-0.2, -0.15) is 4.80 Å². The van der Waals surface area contributed by atoms with E-state index in [-0.39, 0.29) is 5.91 Å². The number of hydrogen-bond acceptors (Lipinski definition) is 3. The lowest BCUT2D eigenvalue weighted by Crippen LogP contribution is -2.12. The molecular weight excluding hydrogens is 498 g/mol. The summed E-state index contributed by atoms with van der Waals surface area (Å²) in [5.41, 5.74) is 3.16. The number of amides is 1. The van der Waals surface area contributed by atoms with Crippen LogP contribution in [0.25, 0.3) is 16.7 Å². The summed E-state index contributed by atoms with van der Waals surface area (Å²) >= 11 is 14.3. The van der Waals surface area contributed by atoms with Crippen LogP contribution in [0.4, 0.5) is 5.69 Å². The number of carbonyl (C=O) groups excluding carboxylic acids is 1. The molecule has 0 aliphatic heterocycles. The van der Waals surface area contributed by atoms with E-state index >= 15 is 0 Å². The first-order valence-electron chi connectivity index (χ1n) is 7.89. The van der Waals surface area contributed by atoms with E-state index in [1.54, 1.807) is 42.5 Å². The summed E-state index contributed by atoms with van der Waals surface area (Å²) in [7, 11) is 0. The number of halogens is 3. The van der Waals surface area contributed by atoms with Crippen molar-refractivity contribution in [1.29, 1.82) is 0 Å². The minimum atomic E-state index is -0.278. The van der Waals surface area contributed by atoms with Crippen LogP contribution in [0.1, 0.15) is 10.4 Å². The van der Waals surface area contributed by atoms with Crippen LogP contribution in [0.2, 0.25) is 10.0 Å². The fraction of sp³-hybridized carbons (Fsp3) is 0. The Kier molecular flexibility index (Phi) is 5.03. The number of rotatable bonds is 3. The highest BCUT2D eigenvalue weighted by Gasteiger charge is 2.12. The monoisotopic (exact) mass is 508 g/mol. The molecule has 1 amide bonds. The molecule has 0 spiro atoms. The molecule has 27 heavy (non-hydrogen) atoms. The van der Waals surface area contributed by atoms with Gasteiger partial charge in [-0.3, -0.25) is 4.79 Å². The Labute approximate surface area is 178 Å². The first-order chi connectivity index (χ1) is 13.0. The minimum absolute atomic E-state index is 0.278. The zero-order valence-electron chi connectivity index (χ0n) is 13.7. The van der Waals surface area contributed by atoms with Gasteiger partial charge in [-0.15, -0.1) is 10.2 Å². The van der Waals surface area contributed by atoms with E-state index in [2.05, 4.69) is 38.1 Å². The van der Waals surface area contributed by atoms with Gasteiger partial charge in [0, 0.05) is 14.3 Å². The zero-order chi connectivity index (χ0) is 19.0. The molecule has 0 aliphatic carbocycles. The molecular formula is C19H11Cl2IN4O. The number of carbonyl (C=O) groups is 1. The molecule has 1 heterocycles. The van der Waals surface area contributed by atoms with E-state index in [0.29, 0.717) is 32.3 Å². The Morgan fingerprint density at radius 2 is 1.78 bits per heavy atom. The van der Waals surface area contributed by atoms with E-state index in [1.807, 2.05) is 18.2 Å². The van der Waals surface area contributed by atoms with E-state index in [0.717, 1.165) is 9.26 Å². The van der Waals surface area contributed by atoms with Gasteiger partial charge in [0.05, 0.1) is 16.3 Å². The summed E-state index contributed by atoms with van der Waals surface area (Å²) in [6.07, 6.45) is 0. The molecule has 0 saturated carbocycles. The van der Waals surface area contributed by atoms with Crippen LogP contribution in [0.15, 0.2) is 60.7 Å². The lowest BCUT2D eigenvalue weighted by molar-refractivity contribution is 0.102. The number of nitrogens with one attached hydrogen (secondary N) is 1. The average molecular weight is 509 g/mol. The predicted octanol–water partition coefficient (Wildman–Crippen LogP) is 5.58. The minimum Gasteiger partial charge on any atom is -0.322 e. The van der Waals surface area contributed by atoms with E-state index < -0.39 is 0 Å². The predicted molar refractivity (Wildman–Crippen MR) is 116 cm³/mol. The highest BCUT2D eigenvalue weighted by Crippen LogP contribution is 2.22. The number of aromatic nitrogens is 3. The second-order valence-electron chi connectivity index (χ2n) is 5.75. The molecule has 3 aromatic carbocycles. The fourth-order valence-corrected chi connectivity index (χ4v) is 3.46. The van der Waals surface area contributed by atoms with Crippen molar-refractivity contribution in [3.63, 3.8) is 0 Å². The van der Waals surface area contributed by atoms with Gasteiger partial charge in [0.25, 0.3) is 5.91 Å². The van der Waals surface area contributed by atoms with Crippen molar-refractivity contribution in [3.8, 4) is 5.69 Å². The molecule has 0 aliphatic rings. The summed E-state index contributed by atoms with van der Waals surface area (Å²) < 4.78 is 0.932. The van der Waals surface area contributed by atoms with Gasteiger partial charge in [0.15, 0.2) is 0 Å². The Morgan fingerprint density at radius 3 is 2.59 bits per heavy atom. The van der Waals surface area contributed by atoms with Crippen molar-refractivity contribution in [2.45, 2.75) is 0 Å². The SMILES string of the molecule is O=C(Nc1ccc2nn(-c3cccc(Cl)c3)nc2c1)c1cc(I)ccc1Cl. The standard InChI is InChI=1S/C19H11Cl2IN4O/c20-11-2-1-3-14(8-11)26-24-17-7-5-13(10-18(17)25-26)23-19(27)15-9-12(22)4-6-16(15)21/h1-10H,(H,23,27). The van der Waals surface area contributed by atoms with Crippen molar-refractivity contribution in [2.24, 2.45) is 0 Å². The van der Waals surface area contributed by atoms with Crippen molar-refractivity contribution in [2.75, 3.05) is 5.32 Å². The summed E-state index contributed by atoms with van der Waals surface area (Å²) in [6, 6.07) is 17.9. The van der Waals surface area contributed by atoms with Gasteiger partial charge < -0.3 is 5.32 Å². The van der Waals surface area contributed by atoms with Gasteiger partial charge in [0.2, 0.25) is 0 Å². The van der Waals surface area contributed by atoms with Crippen LogP contribution in [-0.4, -0.2) is 20.9 Å². The van der Waals surface area contributed by atoms with E-state index in [4.69, 9.17) is 23.2 Å². The highest BCUT2D eigenvalue weighted by molar-refractivity contribution is 14.1. The maximum absolute atomic E-state index is 12.5. The molecule has 5 nitrogen and oxygen atoms in total. The molecule has 0 radical (unpaired) electrons. The third-order valence-electron chi connectivity index (χ3n) is 3.85. The van der Waals surface area contributed by atoms with Crippen LogP contribution < -0.4 is 5.32 Å². The van der Waals surface area contributed by atoms with Gasteiger partial charge in [-0.1, -0.05) is 29.3 Å². The molecule has 4 rings (SSSR count). The maximum atomic E-state index is 12.5. The Bertz CT molecular complexity index is 1180. The van der Waals surface area contributed by atoms with Crippen molar-refractivity contribution >= 4 is 68.4 Å². The van der Waals surface area contributed by atoms with E-state index in [9.17, 15) is 4.79 Å². The lowest BCUT2D eigenvalue weighted by Gasteiger charge is -2.07. The van der Waals surface area contributed by atoms with Gasteiger partial charge in [0.1, 0.15) is 11.0 Å². The highest BCUT2D eigenvalue weighted by atomic mass is 127. The topological polar surface area (TPSA) is 59.8 Å². The van der Waals surface area contributed by atoms with Crippen LogP contribution in [0.5, 0.6) is 0 Å². The van der Waals surface area contributed by atoms with E-state index in [1.165, 1.54) is 4.80 Å². The van der Waals surface area contributed by atoms with Crippen LogP contribution in [-0.2, 0) is 0 Å². The molecule has 0 bridgehead atoms. The second kappa shape index (κ2) is 7.46. The number of benzene rings is 3. The summed E-state index contributed by atoms with van der Waals surface area (Å²) in [5.74, 6) is -0.278. The molecule has 0 unspecified atom stereocenters. The molecule has 8 heteroatoms. The number of nitrogens with zero attached hydrogens (tertiary/aromatic N) is 3. The first-order valence-corrected chi connectivity index (χ1v) is 9.72. The molecule has 0 atom stereocenters. The van der Waals surface area contributed by atoms with Crippen LogP contribution in [0.3, 0.4) is 0 Å². The summed E-state index contributed by atoms with van der Waals surface area (Å²) in [4.78, 5) is 14.0. The number of anilines is 1. The lowest BCUT2D eigenvalue weighted by atomic mass is 10.2. The molecule has 0 saturated heterocycles. The second-order valence-corrected chi connectivity index (χ2v) is 7.84. The third kappa shape index (κ3) is 3.92. The number of hydrogen-bond donors (Lipinski definition) is 1. The molecule has 4 aromatic rings. The quantitative estimate of drug-likeness (QED) is 0.367. The van der Waals surface area contributed by atoms with Gasteiger partial charge in [-0.25, -0.2) is 0 Å². The smallest absolute Gasteiger partial charge is 0.257 e. The normalized spacial score (nSPS) is 10.9. The fourth-order valence-electron chi connectivity index (χ4n) is 2.58. The molecule has 0 fully saturated rings. The maximum Gasteiger partial charge on any atom is 0.257 e. The largest absolute Gasteiger partial charge is 0.322 e. The van der Waals surface area contributed by atoms with Crippen molar-refractivity contribution < 1.29 is 4.79 Å². The summed E-state index contributed by atoms with van der Waals surface area (Å²) in [6.45, 7) is 0. The third-order valence-corrected chi connectivity index (χ3v) is 5.09. The zero-order valence-corrected chi connectivity index (χ0v) is 17.3. The van der Waals surface area contributed by atoms with Crippen LogP contribution >= 0.6 is 45.8 Å². The Morgan fingerprint density at radius 1 is 0.963 bits per heavy atom. The number of fused-ring (bicyclic) bond motifs is 1. The van der Waals surface area contributed by atoms with Gasteiger partial charge >= 0.3 is 0 Å². The average Bonchev–Trinajstić information content (AvgIpc) is 3.07. The molecule has 1 N–H and O–H groups in total. The Hall–Kier alpha value is -2.16.